The number of carbonyl (C=O) groups excluding carboxylic acids is 1. The Hall–Kier alpha value is -1.30. The molecule has 1 aromatic rings. The number of nitrogens with one attached hydrogen (secondary N) is 1. The Bertz CT molecular complexity index is 560. The Morgan fingerprint density at radius 2 is 2.17 bits per heavy atom. The van der Waals surface area contributed by atoms with Gasteiger partial charge in [0.1, 0.15) is 0 Å². The zero-order valence-electron chi connectivity index (χ0n) is 14.1. The number of hydrogen-bond acceptors (Lipinski definition) is 3. The van der Waals surface area contributed by atoms with Gasteiger partial charge in [-0.3, -0.25) is 0 Å². The third-order valence-electron chi connectivity index (χ3n) is 5.04. The number of carbonyl (C=O) groups is 1. The van der Waals surface area contributed by atoms with Gasteiger partial charge in [0.2, 0.25) is 0 Å². The van der Waals surface area contributed by atoms with Gasteiger partial charge in [0.05, 0.1) is 25.9 Å². The summed E-state index contributed by atoms with van der Waals surface area (Å²) in [4.78, 5) is 14.7. The van der Waals surface area contributed by atoms with Crippen molar-refractivity contribution in [1.29, 1.82) is 0 Å². The van der Waals surface area contributed by atoms with E-state index < -0.39 is 0 Å². The van der Waals surface area contributed by atoms with Gasteiger partial charge in [-0.2, -0.15) is 0 Å². The summed E-state index contributed by atoms with van der Waals surface area (Å²) in [5.74, 6) is 0. The van der Waals surface area contributed by atoms with Gasteiger partial charge in [0, 0.05) is 30.6 Å². The minimum atomic E-state index is -0.193. The molecule has 1 spiro atoms. The summed E-state index contributed by atoms with van der Waals surface area (Å²) in [5.41, 5.74) is 1.16. The third kappa shape index (κ3) is 4.02. The summed E-state index contributed by atoms with van der Waals surface area (Å²) < 4.78 is 11.0. The normalized spacial score (nSPS) is 21.0. The SMILES string of the molecule is COCC(NC(=O)N1CCOCC2(CCC2)C1)c1ccc(Cl)cc1. The molecular weight excluding hydrogens is 328 g/mol. The lowest BCUT2D eigenvalue weighted by atomic mass is 9.69. The minimum Gasteiger partial charge on any atom is -0.382 e. The van der Waals surface area contributed by atoms with E-state index in [-0.39, 0.29) is 17.5 Å². The van der Waals surface area contributed by atoms with Crippen LogP contribution < -0.4 is 5.32 Å². The zero-order chi connectivity index (χ0) is 17.0. The monoisotopic (exact) mass is 352 g/mol. The number of rotatable bonds is 4. The lowest BCUT2D eigenvalue weighted by Crippen LogP contribution is -2.49. The predicted molar refractivity (Wildman–Crippen MR) is 93.3 cm³/mol. The molecule has 5 nitrogen and oxygen atoms in total. The van der Waals surface area contributed by atoms with E-state index >= 15 is 0 Å². The number of halogens is 1. The summed E-state index contributed by atoms with van der Waals surface area (Å²) >= 11 is 5.95. The molecule has 2 aliphatic rings. The lowest BCUT2D eigenvalue weighted by molar-refractivity contribution is 0.0125. The second kappa shape index (κ2) is 7.72. The summed E-state index contributed by atoms with van der Waals surface area (Å²) in [6.07, 6.45) is 3.53. The standard InChI is InChI=1S/C18H25ClN2O3/c1-23-11-16(14-3-5-15(19)6-4-14)20-17(22)21-9-10-24-13-18(12-21)7-2-8-18/h3-6,16H,2,7-13H2,1H3,(H,20,22). The quantitative estimate of drug-likeness (QED) is 0.905. The molecule has 1 atom stereocenters. The van der Waals surface area contributed by atoms with Gasteiger partial charge in [-0.05, 0) is 30.5 Å². The topological polar surface area (TPSA) is 50.8 Å². The average molecular weight is 353 g/mol. The van der Waals surface area contributed by atoms with Gasteiger partial charge >= 0.3 is 6.03 Å². The molecule has 1 saturated carbocycles. The van der Waals surface area contributed by atoms with E-state index in [4.69, 9.17) is 21.1 Å². The van der Waals surface area contributed by atoms with Crippen LogP contribution in [0, 0.1) is 5.41 Å². The van der Waals surface area contributed by atoms with Crippen LogP contribution in [0.25, 0.3) is 0 Å². The van der Waals surface area contributed by atoms with Crippen molar-refractivity contribution in [2.24, 2.45) is 5.41 Å². The van der Waals surface area contributed by atoms with Crippen molar-refractivity contribution < 1.29 is 14.3 Å². The predicted octanol–water partition coefficient (Wildman–Crippen LogP) is 3.24. The van der Waals surface area contributed by atoms with Crippen LogP contribution in [-0.4, -0.2) is 51.0 Å². The number of nitrogens with zero attached hydrogens (tertiary/aromatic N) is 1. The van der Waals surface area contributed by atoms with Gasteiger partial charge in [-0.25, -0.2) is 4.79 Å². The van der Waals surface area contributed by atoms with Crippen molar-refractivity contribution in [2.45, 2.75) is 25.3 Å². The fourth-order valence-electron chi connectivity index (χ4n) is 3.47. The molecule has 1 saturated heterocycles. The molecular formula is C18H25ClN2O3. The van der Waals surface area contributed by atoms with E-state index in [9.17, 15) is 4.79 Å². The molecule has 24 heavy (non-hydrogen) atoms. The molecule has 2 amide bonds. The first kappa shape index (κ1) is 17.5. The molecule has 1 aromatic carbocycles. The number of amides is 2. The molecule has 1 unspecified atom stereocenters. The number of benzene rings is 1. The molecule has 1 N–H and O–H groups in total. The van der Waals surface area contributed by atoms with Crippen molar-refractivity contribution in [2.75, 3.05) is 40.0 Å². The van der Waals surface area contributed by atoms with E-state index in [0.717, 1.165) is 31.6 Å². The summed E-state index contributed by atoms with van der Waals surface area (Å²) in [5, 5.41) is 3.78. The molecule has 2 fully saturated rings. The van der Waals surface area contributed by atoms with Crippen LogP contribution in [0.5, 0.6) is 0 Å². The molecule has 1 aliphatic heterocycles. The van der Waals surface area contributed by atoms with Crippen molar-refractivity contribution in [3.05, 3.63) is 34.9 Å². The maximum Gasteiger partial charge on any atom is 0.318 e. The number of urea groups is 1. The van der Waals surface area contributed by atoms with Gasteiger partial charge < -0.3 is 19.7 Å². The Balaban J connectivity index is 1.67. The lowest BCUT2D eigenvalue weighted by Gasteiger charge is -2.42. The van der Waals surface area contributed by atoms with Crippen molar-refractivity contribution >= 4 is 17.6 Å². The molecule has 1 heterocycles. The second-order valence-electron chi connectivity index (χ2n) is 6.84. The van der Waals surface area contributed by atoms with Gasteiger partial charge in [0.15, 0.2) is 0 Å². The smallest absolute Gasteiger partial charge is 0.318 e. The molecule has 0 radical (unpaired) electrons. The Labute approximate surface area is 148 Å². The van der Waals surface area contributed by atoms with Gasteiger partial charge in [-0.1, -0.05) is 30.2 Å². The molecule has 1 aliphatic carbocycles. The molecule has 0 bridgehead atoms. The first-order valence-electron chi connectivity index (χ1n) is 8.49. The van der Waals surface area contributed by atoms with Crippen LogP contribution in [-0.2, 0) is 9.47 Å². The highest BCUT2D eigenvalue weighted by Gasteiger charge is 2.41. The molecule has 132 valence electrons. The van der Waals surface area contributed by atoms with Crippen molar-refractivity contribution in [3.8, 4) is 0 Å². The van der Waals surface area contributed by atoms with Gasteiger partial charge in [0.25, 0.3) is 0 Å². The van der Waals surface area contributed by atoms with E-state index in [1.54, 1.807) is 7.11 Å². The molecule has 6 heteroatoms. The van der Waals surface area contributed by atoms with E-state index in [1.807, 2.05) is 29.2 Å². The van der Waals surface area contributed by atoms with Crippen LogP contribution >= 0.6 is 11.6 Å². The fourth-order valence-corrected chi connectivity index (χ4v) is 3.59. The Morgan fingerprint density at radius 1 is 1.42 bits per heavy atom. The van der Waals surface area contributed by atoms with Crippen molar-refractivity contribution in [3.63, 3.8) is 0 Å². The summed E-state index contributed by atoms with van der Waals surface area (Å²) in [6.45, 7) is 3.20. The minimum absolute atomic E-state index is 0.0521. The first-order chi connectivity index (χ1) is 11.6. The highest BCUT2D eigenvalue weighted by atomic mass is 35.5. The van der Waals surface area contributed by atoms with Gasteiger partial charge in [-0.15, -0.1) is 0 Å². The fraction of sp³-hybridized carbons (Fsp3) is 0.611. The second-order valence-corrected chi connectivity index (χ2v) is 7.27. The number of ether oxygens (including phenoxy) is 2. The number of methoxy groups -OCH3 is 1. The van der Waals surface area contributed by atoms with Crippen molar-refractivity contribution in [1.82, 2.24) is 10.2 Å². The summed E-state index contributed by atoms with van der Waals surface area (Å²) in [7, 11) is 1.64. The zero-order valence-corrected chi connectivity index (χ0v) is 14.8. The highest BCUT2D eigenvalue weighted by molar-refractivity contribution is 6.30. The maximum absolute atomic E-state index is 12.8. The van der Waals surface area contributed by atoms with E-state index in [0.29, 0.717) is 24.8 Å². The van der Waals surface area contributed by atoms with E-state index in [2.05, 4.69) is 5.32 Å². The largest absolute Gasteiger partial charge is 0.382 e. The Morgan fingerprint density at radius 3 is 2.79 bits per heavy atom. The highest BCUT2D eigenvalue weighted by Crippen LogP contribution is 2.42. The maximum atomic E-state index is 12.8. The Kier molecular flexibility index (Phi) is 5.64. The van der Waals surface area contributed by atoms with Crippen LogP contribution in [0.4, 0.5) is 4.79 Å². The summed E-state index contributed by atoms with van der Waals surface area (Å²) in [6, 6.07) is 7.25. The first-order valence-corrected chi connectivity index (χ1v) is 8.87. The molecule has 3 rings (SSSR count). The average Bonchev–Trinajstić information content (AvgIpc) is 2.78. The third-order valence-corrected chi connectivity index (χ3v) is 5.30. The number of hydrogen-bond donors (Lipinski definition) is 1. The van der Waals surface area contributed by atoms with E-state index in [1.165, 1.54) is 6.42 Å². The van der Waals surface area contributed by atoms with Crippen LogP contribution in [0.3, 0.4) is 0 Å². The van der Waals surface area contributed by atoms with Crippen LogP contribution in [0.2, 0.25) is 5.02 Å². The molecule has 0 aromatic heterocycles. The van der Waals surface area contributed by atoms with Crippen LogP contribution in [0.15, 0.2) is 24.3 Å². The van der Waals surface area contributed by atoms with Crippen LogP contribution in [0.1, 0.15) is 30.9 Å².